The van der Waals surface area contributed by atoms with Crippen LogP contribution in [-0.4, -0.2) is 15.0 Å². The van der Waals surface area contributed by atoms with Crippen LogP contribution >= 0.6 is 0 Å². The molecule has 0 aliphatic heterocycles. The van der Waals surface area contributed by atoms with Crippen molar-refractivity contribution in [2.75, 3.05) is 0 Å². The second kappa shape index (κ2) is 14.4. The van der Waals surface area contributed by atoms with E-state index in [2.05, 4.69) is 186 Å². The Morgan fingerprint density at radius 2 is 0.746 bits per heavy atom. The van der Waals surface area contributed by atoms with Crippen molar-refractivity contribution >= 4 is 21.9 Å². The fourth-order valence-corrected chi connectivity index (χ4v) is 8.07. The highest BCUT2D eigenvalue weighted by Gasteiger charge is 2.33. The van der Waals surface area contributed by atoms with Crippen molar-refractivity contribution in [1.82, 2.24) is 15.0 Å². The van der Waals surface area contributed by atoms with Crippen molar-refractivity contribution in [3.05, 3.63) is 150 Å². The molecule has 0 saturated heterocycles. The lowest BCUT2D eigenvalue weighted by Crippen LogP contribution is -2.18. The van der Waals surface area contributed by atoms with Crippen molar-refractivity contribution in [2.24, 2.45) is 0 Å². The zero-order valence-electron chi connectivity index (χ0n) is 36.9. The minimum atomic E-state index is -0.149. The van der Waals surface area contributed by atoms with Crippen LogP contribution in [-0.2, 0) is 21.7 Å². The highest BCUT2D eigenvalue weighted by atomic mass is 16.3. The lowest BCUT2D eigenvalue weighted by molar-refractivity contribution is 0.547. The summed E-state index contributed by atoms with van der Waals surface area (Å²) in [6, 6.07) is 45.1. The van der Waals surface area contributed by atoms with Crippen LogP contribution in [0.1, 0.15) is 105 Å². The number of benzene rings is 6. The van der Waals surface area contributed by atoms with E-state index in [4.69, 9.17) is 19.4 Å². The van der Waals surface area contributed by atoms with Gasteiger partial charge < -0.3 is 4.42 Å². The first-order valence-electron chi connectivity index (χ1n) is 20.9. The fraction of sp³-hybridized carbons (Fsp3) is 0.291. The predicted molar refractivity (Wildman–Crippen MR) is 249 cm³/mol. The molecule has 8 aromatic rings. The van der Waals surface area contributed by atoms with E-state index in [9.17, 15) is 0 Å². The summed E-state index contributed by atoms with van der Waals surface area (Å²) < 4.78 is 7.17. The standard InChI is InChI=1S/C55H57N3O/c1-52(2,3)40-31-41-46-45(42(53(4,5)6)33-44(55(10,11)12)48(46)59-47(41)43(32-40)54(7,8)9)36-25-29-39(30-26-36)51-57-49(37-21-17-14-18-22-37)56-50(58-51)38-27-23-35(24-28-38)34-19-15-13-16-20-34/h13-33H,1-12H3. The highest BCUT2D eigenvalue weighted by Crippen LogP contribution is 2.49. The van der Waals surface area contributed by atoms with E-state index < -0.39 is 0 Å². The molecule has 298 valence electrons. The summed E-state index contributed by atoms with van der Waals surface area (Å²) >= 11 is 0. The van der Waals surface area contributed by atoms with Crippen LogP contribution in [0, 0.1) is 0 Å². The molecule has 0 unspecified atom stereocenters. The second-order valence-corrected chi connectivity index (χ2v) is 20.2. The number of fused-ring (bicyclic) bond motifs is 3. The van der Waals surface area contributed by atoms with Gasteiger partial charge in [0.25, 0.3) is 0 Å². The first-order chi connectivity index (χ1) is 27.8. The van der Waals surface area contributed by atoms with Crippen LogP contribution in [0.5, 0.6) is 0 Å². The molecule has 8 rings (SSSR count). The Morgan fingerprint density at radius 1 is 0.356 bits per heavy atom. The molecule has 0 atom stereocenters. The van der Waals surface area contributed by atoms with Crippen LogP contribution in [0.4, 0.5) is 0 Å². The normalized spacial score (nSPS) is 12.7. The van der Waals surface area contributed by atoms with Gasteiger partial charge in [-0.2, -0.15) is 0 Å². The Labute approximate surface area is 350 Å². The van der Waals surface area contributed by atoms with Gasteiger partial charge >= 0.3 is 0 Å². The largest absolute Gasteiger partial charge is 0.455 e. The molecule has 6 aromatic carbocycles. The van der Waals surface area contributed by atoms with E-state index in [-0.39, 0.29) is 21.7 Å². The third-order valence-corrected chi connectivity index (χ3v) is 11.5. The molecule has 2 aromatic heterocycles. The summed E-state index contributed by atoms with van der Waals surface area (Å²) in [5.41, 5.74) is 14.1. The van der Waals surface area contributed by atoms with Crippen LogP contribution in [0.15, 0.2) is 132 Å². The summed E-state index contributed by atoms with van der Waals surface area (Å²) in [6.45, 7) is 27.7. The van der Waals surface area contributed by atoms with Crippen LogP contribution < -0.4 is 0 Å². The van der Waals surface area contributed by atoms with E-state index in [1.165, 1.54) is 44.2 Å². The number of hydrogen-bond acceptors (Lipinski definition) is 4. The van der Waals surface area contributed by atoms with Gasteiger partial charge in [-0.1, -0.05) is 204 Å². The minimum absolute atomic E-state index is 0.0416. The van der Waals surface area contributed by atoms with Crippen LogP contribution in [0.3, 0.4) is 0 Å². The first kappa shape index (κ1) is 39.9. The molecule has 4 nitrogen and oxygen atoms in total. The van der Waals surface area contributed by atoms with E-state index in [1.54, 1.807) is 0 Å². The molecule has 0 bridgehead atoms. The van der Waals surface area contributed by atoms with E-state index >= 15 is 0 Å². The third kappa shape index (κ3) is 7.74. The Hall–Kier alpha value is -5.87. The first-order valence-corrected chi connectivity index (χ1v) is 20.9. The number of furan rings is 1. The van der Waals surface area contributed by atoms with Gasteiger partial charge in [0, 0.05) is 38.6 Å². The van der Waals surface area contributed by atoms with Gasteiger partial charge in [-0.05, 0) is 61.1 Å². The number of aromatic nitrogens is 3. The summed E-state index contributed by atoms with van der Waals surface area (Å²) in [5, 5.41) is 2.37. The Balaban J connectivity index is 1.34. The molecule has 0 N–H and O–H groups in total. The average Bonchev–Trinajstić information content (AvgIpc) is 3.58. The minimum Gasteiger partial charge on any atom is -0.455 e. The molecule has 0 saturated carbocycles. The summed E-state index contributed by atoms with van der Waals surface area (Å²) in [4.78, 5) is 15.2. The molecule has 0 aliphatic rings. The summed E-state index contributed by atoms with van der Waals surface area (Å²) in [7, 11) is 0. The smallest absolute Gasteiger partial charge is 0.164 e. The third-order valence-electron chi connectivity index (χ3n) is 11.5. The van der Waals surface area contributed by atoms with E-state index in [0.29, 0.717) is 17.5 Å². The maximum Gasteiger partial charge on any atom is 0.164 e. The molecule has 59 heavy (non-hydrogen) atoms. The number of nitrogens with zero attached hydrogens (tertiary/aromatic N) is 3. The fourth-order valence-electron chi connectivity index (χ4n) is 8.07. The van der Waals surface area contributed by atoms with Crippen molar-refractivity contribution in [1.29, 1.82) is 0 Å². The molecule has 0 amide bonds. The molecule has 0 aliphatic carbocycles. The Kier molecular flexibility index (Phi) is 9.78. The van der Waals surface area contributed by atoms with E-state index in [0.717, 1.165) is 39.0 Å². The van der Waals surface area contributed by atoms with Gasteiger partial charge in [-0.3, -0.25) is 0 Å². The number of rotatable bonds is 5. The molecular formula is C55H57N3O. The second-order valence-electron chi connectivity index (χ2n) is 20.2. The zero-order chi connectivity index (χ0) is 42.1. The zero-order valence-corrected chi connectivity index (χ0v) is 36.9. The molecule has 4 heteroatoms. The molecule has 0 radical (unpaired) electrons. The number of hydrogen-bond donors (Lipinski definition) is 0. The molecular weight excluding hydrogens is 719 g/mol. The lowest BCUT2D eigenvalue weighted by Gasteiger charge is -2.28. The van der Waals surface area contributed by atoms with Crippen molar-refractivity contribution < 1.29 is 4.42 Å². The van der Waals surface area contributed by atoms with Gasteiger partial charge in [0.15, 0.2) is 17.5 Å². The van der Waals surface area contributed by atoms with Gasteiger partial charge in [0.05, 0.1) is 0 Å². The van der Waals surface area contributed by atoms with Crippen LogP contribution in [0.25, 0.3) is 78.4 Å². The van der Waals surface area contributed by atoms with Crippen molar-refractivity contribution in [3.63, 3.8) is 0 Å². The molecule has 0 spiro atoms. The van der Waals surface area contributed by atoms with E-state index in [1.807, 2.05) is 24.3 Å². The monoisotopic (exact) mass is 775 g/mol. The highest BCUT2D eigenvalue weighted by molar-refractivity contribution is 6.15. The SMILES string of the molecule is CC(C)(C)c1cc(C(C)(C)C)c2oc3c(C(C)(C)C)cc(C(C)(C)C)c(-c4ccc(-c5nc(-c6ccccc6)nc(-c6ccc(-c7ccccc7)cc6)n5)cc4)c3c2c1. The van der Waals surface area contributed by atoms with Gasteiger partial charge in [0.2, 0.25) is 0 Å². The van der Waals surface area contributed by atoms with Gasteiger partial charge in [0.1, 0.15) is 11.2 Å². The maximum absolute atomic E-state index is 7.17. The van der Waals surface area contributed by atoms with Gasteiger partial charge in [-0.15, -0.1) is 0 Å². The maximum atomic E-state index is 7.17. The predicted octanol–water partition coefficient (Wildman–Crippen LogP) is 15.3. The average molecular weight is 776 g/mol. The van der Waals surface area contributed by atoms with Gasteiger partial charge in [-0.25, -0.2) is 15.0 Å². The topological polar surface area (TPSA) is 51.8 Å². The summed E-state index contributed by atoms with van der Waals surface area (Å²) in [6.07, 6.45) is 0. The summed E-state index contributed by atoms with van der Waals surface area (Å²) in [5.74, 6) is 1.92. The van der Waals surface area contributed by atoms with Crippen LogP contribution in [0.2, 0.25) is 0 Å². The quantitative estimate of drug-likeness (QED) is 0.175. The van der Waals surface area contributed by atoms with Crippen molar-refractivity contribution in [2.45, 2.75) is 105 Å². The molecule has 2 heterocycles. The Morgan fingerprint density at radius 3 is 1.20 bits per heavy atom. The Bertz CT molecular complexity index is 2800. The molecule has 0 fully saturated rings. The van der Waals surface area contributed by atoms with Crippen molar-refractivity contribution in [3.8, 4) is 56.4 Å². The lowest BCUT2D eigenvalue weighted by atomic mass is 9.74.